The molecule has 4 aromatic rings. The van der Waals surface area contributed by atoms with Crippen molar-refractivity contribution in [3.05, 3.63) is 95.1 Å². The number of fused-ring (bicyclic) bond motifs is 1. The third-order valence-electron chi connectivity index (χ3n) is 5.70. The number of nitrogens with one attached hydrogen (secondary N) is 4. The maximum Gasteiger partial charge on any atom is 0.247 e. The lowest BCUT2D eigenvalue weighted by atomic mass is 10.0. The van der Waals surface area contributed by atoms with Gasteiger partial charge in [0.15, 0.2) is 0 Å². The Hall–Kier alpha value is -3.77. The van der Waals surface area contributed by atoms with Crippen molar-refractivity contribution in [2.24, 2.45) is 0 Å². The van der Waals surface area contributed by atoms with E-state index >= 15 is 0 Å². The van der Waals surface area contributed by atoms with Gasteiger partial charge in [0.05, 0.1) is 10.7 Å². The predicted molar refractivity (Wildman–Crippen MR) is 138 cm³/mol. The van der Waals surface area contributed by atoms with Crippen molar-refractivity contribution in [2.75, 3.05) is 10.6 Å². The average molecular weight is 475 g/mol. The molecule has 0 aliphatic heterocycles. The first-order valence-corrected chi connectivity index (χ1v) is 11.5. The Kier molecular flexibility index (Phi) is 7.18. The number of aromatic amines is 1. The number of halogens is 1. The summed E-state index contributed by atoms with van der Waals surface area (Å²) in [5, 5.41) is 10.6. The largest absolute Gasteiger partial charge is 0.377 e. The van der Waals surface area contributed by atoms with Crippen molar-refractivity contribution in [1.82, 2.24) is 10.3 Å². The fourth-order valence-electron chi connectivity index (χ4n) is 3.97. The van der Waals surface area contributed by atoms with Crippen LogP contribution in [0.5, 0.6) is 0 Å². The first-order valence-electron chi connectivity index (χ1n) is 11.1. The first kappa shape index (κ1) is 23.4. The van der Waals surface area contributed by atoms with Gasteiger partial charge in [-0.05, 0) is 42.3 Å². The first-order chi connectivity index (χ1) is 16.4. The van der Waals surface area contributed by atoms with Gasteiger partial charge in [-0.25, -0.2) is 0 Å². The second-order valence-corrected chi connectivity index (χ2v) is 8.68. The molecular formula is C27H27ClN4O2. The minimum atomic E-state index is -0.730. The van der Waals surface area contributed by atoms with Crippen LogP contribution < -0.4 is 16.0 Å². The Labute approximate surface area is 203 Å². The molecule has 0 aliphatic rings. The van der Waals surface area contributed by atoms with E-state index in [0.717, 1.165) is 27.7 Å². The molecule has 34 heavy (non-hydrogen) atoms. The number of carbonyl (C=O) groups is 2. The van der Waals surface area contributed by atoms with E-state index in [4.69, 9.17) is 11.6 Å². The molecule has 4 rings (SSSR count). The summed E-state index contributed by atoms with van der Waals surface area (Å²) in [6.45, 7) is 3.46. The summed E-state index contributed by atoms with van der Waals surface area (Å²) < 4.78 is 0. The van der Waals surface area contributed by atoms with Gasteiger partial charge in [0.1, 0.15) is 6.04 Å². The summed E-state index contributed by atoms with van der Waals surface area (Å²) in [5.74, 6) is -0.581. The Morgan fingerprint density at radius 1 is 1.00 bits per heavy atom. The van der Waals surface area contributed by atoms with Gasteiger partial charge >= 0.3 is 0 Å². The molecule has 1 aromatic heterocycles. The highest BCUT2D eigenvalue weighted by atomic mass is 35.5. The fraction of sp³-hybridized carbons (Fsp3) is 0.185. The maximum absolute atomic E-state index is 13.1. The molecule has 6 nitrogen and oxygen atoms in total. The number of benzene rings is 3. The molecule has 2 atom stereocenters. The van der Waals surface area contributed by atoms with Crippen LogP contribution in [0.15, 0.2) is 79.0 Å². The lowest BCUT2D eigenvalue weighted by Gasteiger charge is -2.19. The zero-order valence-corrected chi connectivity index (χ0v) is 19.8. The second kappa shape index (κ2) is 10.4. The highest BCUT2D eigenvalue weighted by Gasteiger charge is 2.22. The molecule has 3 aromatic carbocycles. The van der Waals surface area contributed by atoms with Crippen molar-refractivity contribution in [1.29, 1.82) is 0 Å². The molecule has 0 aliphatic carbocycles. The minimum absolute atomic E-state index is 0.0689. The van der Waals surface area contributed by atoms with E-state index in [0.29, 0.717) is 17.1 Å². The van der Waals surface area contributed by atoms with Crippen molar-refractivity contribution >= 4 is 45.7 Å². The molecule has 4 N–H and O–H groups in total. The van der Waals surface area contributed by atoms with Gasteiger partial charge in [0.25, 0.3) is 0 Å². The van der Waals surface area contributed by atoms with Crippen molar-refractivity contribution < 1.29 is 9.59 Å². The topological polar surface area (TPSA) is 86.0 Å². The number of hydrogen-bond acceptors (Lipinski definition) is 3. The van der Waals surface area contributed by atoms with Gasteiger partial charge in [0.2, 0.25) is 11.8 Å². The van der Waals surface area contributed by atoms with Crippen LogP contribution in [0.2, 0.25) is 5.02 Å². The van der Waals surface area contributed by atoms with E-state index in [-0.39, 0.29) is 17.9 Å². The molecule has 0 fully saturated rings. The molecule has 0 saturated heterocycles. The van der Waals surface area contributed by atoms with Crippen LogP contribution in [0.25, 0.3) is 10.9 Å². The Balaban J connectivity index is 1.46. The minimum Gasteiger partial charge on any atom is -0.377 e. The van der Waals surface area contributed by atoms with Crippen molar-refractivity contribution in [2.45, 2.75) is 32.4 Å². The van der Waals surface area contributed by atoms with Crippen LogP contribution >= 0.6 is 11.6 Å². The number of H-pyrrole nitrogens is 1. The lowest BCUT2D eigenvalue weighted by Crippen LogP contribution is -2.44. The van der Waals surface area contributed by atoms with E-state index in [2.05, 4.69) is 40.0 Å². The standard InChI is InChI=1S/C27H27ClN4O2/c1-17(19-8-4-3-5-9-19)30-25-13-12-21(15-23(25)28)32-27(34)26(31-18(2)33)14-20-16-29-24-11-7-6-10-22(20)24/h3-13,15-17,26,29-30H,14H2,1-2H3,(H,31,33)(H,32,34). The van der Waals surface area contributed by atoms with Gasteiger partial charge in [-0.1, -0.05) is 60.1 Å². The molecule has 0 saturated carbocycles. The Morgan fingerprint density at radius 3 is 2.47 bits per heavy atom. The molecule has 174 valence electrons. The Morgan fingerprint density at radius 2 is 1.74 bits per heavy atom. The second-order valence-electron chi connectivity index (χ2n) is 8.28. The number of carbonyl (C=O) groups excluding carboxylic acids is 2. The van der Waals surface area contributed by atoms with Crippen LogP contribution in [0.1, 0.15) is 31.0 Å². The van der Waals surface area contributed by atoms with Gasteiger partial charge in [-0.15, -0.1) is 0 Å². The normalized spacial score (nSPS) is 12.7. The molecule has 0 bridgehead atoms. The van der Waals surface area contributed by atoms with Gasteiger partial charge in [-0.2, -0.15) is 0 Å². The highest BCUT2D eigenvalue weighted by Crippen LogP contribution is 2.29. The predicted octanol–water partition coefficient (Wildman–Crippen LogP) is 5.68. The summed E-state index contributed by atoms with van der Waals surface area (Å²) in [5.41, 5.74) is 4.41. The van der Waals surface area contributed by atoms with Crippen molar-refractivity contribution in [3.8, 4) is 0 Å². The van der Waals surface area contributed by atoms with Crippen LogP contribution in [-0.2, 0) is 16.0 Å². The third kappa shape index (κ3) is 5.58. The highest BCUT2D eigenvalue weighted by molar-refractivity contribution is 6.33. The summed E-state index contributed by atoms with van der Waals surface area (Å²) in [6, 6.07) is 22.6. The molecule has 0 spiro atoms. The van der Waals surface area contributed by atoms with E-state index in [1.807, 2.05) is 54.7 Å². The fourth-order valence-corrected chi connectivity index (χ4v) is 4.21. The van der Waals surface area contributed by atoms with Crippen LogP contribution in [0.3, 0.4) is 0 Å². The van der Waals surface area contributed by atoms with E-state index in [1.165, 1.54) is 6.92 Å². The van der Waals surface area contributed by atoms with Crippen molar-refractivity contribution in [3.63, 3.8) is 0 Å². The number of anilines is 2. The zero-order chi connectivity index (χ0) is 24.1. The molecule has 7 heteroatoms. The van der Waals surface area contributed by atoms with Crippen LogP contribution in [-0.4, -0.2) is 22.8 Å². The quantitative estimate of drug-likeness (QED) is 0.265. The number of rotatable bonds is 8. The van der Waals surface area contributed by atoms with E-state index in [1.54, 1.807) is 12.1 Å². The van der Waals surface area contributed by atoms with Gasteiger partial charge in [-0.3, -0.25) is 9.59 Å². The maximum atomic E-state index is 13.1. The van der Waals surface area contributed by atoms with E-state index in [9.17, 15) is 9.59 Å². The van der Waals surface area contributed by atoms with Crippen LogP contribution in [0, 0.1) is 0 Å². The van der Waals surface area contributed by atoms with Crippen LogP contribution in [0.4, 0.5) is 11.4 Å². The molecule has 2 amide bonds. The smallest absolute Gasteiger partial charge is 0.247 e. The number of amides is 2. The monoisotopic (exact) mass is 474 g/mol. The summed E-state index contributed by atoms with van der Waals surface area (Å²) in [6.07, 6.45) is 2.23. The van der Waals surface area contributed by atoms with Gasteiger partial charge < -0.3 is 20.9 Å². The summed E-state index contributed by atoms with van der Waals surface area (Å²) in [7, 11) is 0. The summed E-state index contributed by atoms with van der Waals surface area (Å²) >= 11 is 6.50. The van der Waals surface area contributed by atoms with Gasteiger partial charge in [0, 0.05) is 42.2 Å². The Bertz CT molecular complexity index is 1300. The summed E-state index contributed by atoms with van der Waals surface area (Å²) in [4.78, 5) is 28.1. The number of para-hydroxylation sites is 1. The number of aromatic nitrogens is 1. The van der Waals surface area contributed by atoms with E-state index < -0.39 is 6.04 Å². The number of hydrogen-bond donors (Lipinski definition) is 4. The SMILES string of the molecule is CC(=O)NC(Cc1c[nH]c2ccccc12)C(=O)Nc1ccc(NC(C)c2ccccc2)c(Cl)c1. The average Bonchev–Trinajstić information content (AvgIpc) is 3.23. The molecule has 0 radical (unpaired) electrons. The molecule has 1 heterocycles. The third-order valence-corrected chi connectivity index (χ3v) is 6.01. The molecular weight excluding hydrogens is 448 g/mol. The zero-order valence-electron chi connectivity index (χ0n) is 19.1. The lowest BCUT2D eigenvalue weighted by molar-refractivity contribution is -0.125. The molecule has 2 unspecified atom stereocenters.